The van der Waals surface area contributed by atoms with Gasteiger partial charge in [-0.1, -0.05) is 84.6 Å². The molecule has 0 aliphatic heterocycles. The molecule has 1 aromatic rings. The molecule has 7 N–H and O–H groups in total. The predicted molar refractivity (Wildman–Crippen MR) is 168 cm³/mol. The molecule has 0 aromatic heterocycles. The van der Waals surface area contributed by atoms with E-state index in [2.05, 4.69) is 22.9 Å². The minimum absolute atomic E-state index is 0.0112. The Labute approximate surface area is 252 Å². The highest BCUT2D eigenvalue weighted by Crippen LogP contribution is 2.24. The molecular formula is C32H55N5O5. The molecule has 0 fully saturated rings. The maximum atomic E-state index is 12.6. The summed E-state index contributed by atoms with van der Waals surface area (Å²) >= 11 is 0. The van der Waals surface area contributed by atoms with Crippen molar-refractivity contribution in [2.24, 2.45) is 17.4 Å². The van der Waals surface area contributed by atoms with Crippen molar-refractivity contribution < 1.29 is 23.9 Å². The largest absolute Gasteiger partial charge is 0.494 e. The van der Waals surface area contributed by atoms with Crippen LogP contribution in [0.4, 0.5) is 5.69 Å². The van der Waals surface area contributed by atoms with Crippen LogP contribution < -0.4 is 32.2 Å². The number of unbranched alkanes of at least 4 members (excludes halogenated alkanes) is 9. The summed E-state index contributed by atoms with van der Waals surface area (Å²) in [6.45, 7) is 7.11. The fourth-order valence-electron chi connectivity index (χ4n) is 4.77. The number of nitrogens with one attached hydrogen (secondary N) is 3. The molecule has 10 nitrogen and oxygen atoms in total. The number of nitrogens with two attached hydrogens (primary N) is 2. The van der Waals surface area contributed by atoms with Crippen LogP contribution in [-0.2, 0) is 19.2 Å². The second kappa shape index (κ2) is 21.4. The van der Waals surface area contributed by atoms with Crippen LogP contribution in [0.25, 0.3) is 0 Å². The van der Waals surface area contributed by atoms with E-state index in [0.717, 1.165) is 12.8 Å². The molecule has 0 saturated heterocycles. The minimum atomic E-state index is -1.56. The van der Waals surface area contributed by atoms with Gasteiger partial charge in [-0.2, -0.15) is 0 Å². The first kappa shape index (κ1) is 36.7. The Kier molecular flexibility index (Phi) is 18.7. The molecule has 0 aliphatic rings. The van der Waals surface area contributed by atoms with E-state index >= 15 is 0 Å². The molecule has 1 unspecified atom stereocenters. The van der Waals surface area contributed by atoms with Gasteiger partial charge < -0.3 is 32.2 Å². The van der Waals surface area contributed by atoms with Crippen LogP contribution in [0.3, 0.4) is 0 Å². The van der Waals surface area contributed by atoms with Crippen LogP contribution in [0.15, 0.2) is 24.3 Å². The average molecular weight is 590 g/mol. The number of primary amides is 2. The number of carbonyl (C=O) groups is 4. The van der Waals surface area contributed by atoms with Gasteiger partial charge in [0.2, 0.25) is 17.7 Å². The van der Waals surface area contributed by atoms with Crippen molar-refractivity contribution in [3.05, 3.63) is 24.3 Å². The Hall–Kier alpha value is -3.30. The Morgan fingerprint density at radius 1 is 0.833 bits per heavy atom. The Morgan fingerprint density at radius 3 is 2.07 bits per heavy atom. The summed E-state index contributed by atoms with van der Waals surface area (Å²) in [5.41, 5.74) is 9.86. The van der Waals surface area contributed by atoms with E-state index in [1.54, 1.807) is 24.3 Å². The smallest absolute Gasteiger partial charge is 0.263 e. The van der Waals surface area contributed by atoms with Crippen molar-refractivity contribution in [3.8, 4) is 5.75 Å². The molecule has 0 bridgehead atoms. The van der Waals surface area contributed by atoms with Gasteiger partial charge in [0.1, 0.15) is 5.75 Å². The van der Waals surface area contributed by atoms with E-state index in [-0.39, 0.29) is 31.1 Å². The lowest BCUT2D eigenvalue weighted by atomic mass is 9.95. The first-order chi connectivity index (χ1) is 20.1. The summed E-state index contributed by atoms with van der Waals surface area (Å²) in [5.74, 6) is -1.29. The Bertz CT molecular complexity index is 955. The van der Waals surface area contributed by atoms with Gasteiger partial charge in [-0.25, -0.2) is 0 Å². The van der Waals surface area contributed by atoms with Gasteiger partial charge in [0.05, 0.1) is 6.61 Å². The zero-order valence-electron chi connectivity index (χ0n) is 26.1. The zero-order chi connectivity index (χ0) is 31.2. The van der Waals surface area contributed by atoms with E-state index in [0.29, 0.717) is 37.4 Å². The molecule has 42 heavy (non-hydrogen) atoms. The summed E-state index contributed by atoms with van der Waals surface area (Å²) in [4.78, 5) is 48.3. The van der Waals surface area contributed by atoms with Gasteiger partial charge in [-0.15, -0.1) is 0 Å². The lowest BCUT2D eigenvalue weighted by Crippen LogP contribution is -2.63. The number of ether oxygens (including phenoxy) is 1. The lowest BCUT2D eigenvalue weighted by Gasteiger charge is -2.35. The van der Waals surface area contributed by atoms with Crippen molar-refractivity contribution in [3.63, 3.8) is 0 Å². The highest BCUT2D eigenvalue weighted by atomic mass is 16.5. The van der Waals surface area contributed by atoms with Crippen molar-refractivity contribution in [2.75, 3.05) is 18.5 Å². The van der Waals surface area contributed by atoms with Gasteiger partial charge >= 0.3 is 0 Å². The number of carbonyl (C=O) groups excluding carboxylic acids is 4. The van der Waals surface area contributed by atoms with E-state index < -0.39 is 23.4 Å². The van der Waals surface area contributed by atoms with Gasteiger partial charge in [0.15, 0.2) is 5.66 Å². The first-order valence-corrected chi connectivity index (χ1v) is 15.7. The maximum absolute atomic E-state index is 12.6. The third-order valence-electron chi connectivity index (χ3n) is 6.95. The van der Waals surface area contributed by atoms with Crippen LogP contribution in [0.2, 0.25) is 0 Å². The van der Waals surface area contributed by atoms with Crippen LogP contribution >= 0.6 is 0 Å². The predicted octanol–water partition coefficient (Wildman–Crippen LogP) is 4.90. The molecule has 1 aromatic carbocycles. The molecule has 0 saturated carbocycles. The van der Waals surface area contributed by atoms with Gasteiger partial charge in [0, 0.05) is 44.0 Å². The molecular weight excluding hydrogens is 534 g/mol. The summed E-state index contributed by atoms with van der Waals surface area (Å²) in [6.07, 6.45) is 13.5. The minimum Gasteiger partial charge on any atom is -0.494 e. The standard InChI is InChI=1S/C32H55N5O5/c1-4-5-6-7-8-9-10-11-12-13-21-35-29(39)18-15-22-42-27-17-14-16-26(23-27)36-32(31(34)41,24-25(2)3)37-30(40)20-19-28(33)38/h14,16-17,23,25,36H,4-13,15,18-22,24H2,1-3H3,(H2,33,38)(H2,34,41)(H,35,39)(H,37,40). The number of rotatable bonds is 25. The van der Waals surface area contributed by atoms with E-state index in [9.17, 15) is 19.2 Å². The van der Waals surface area contributed by atoms with Crippen LogP contribution in [-0.4, -0.2) is 42.4 Å². The van der Waals surface area contributed by atoms with Crippen LogP contribution in [0.1, 0.15) is 117 Å². The normalized spacial score (nSPS) is 12.4. The highest BCUT2D eigenvalue weighted by Gasteiger charge is 2.39. The third kappa shape index (κ3) is 16.8. The van der Waals surface area contributed by atoms with Crippen molar-refractivity contribution in [1.82, 2.24) is 10.6 Å². The van der Waals surface area contributed by atoms with Gasteiger partial charge in [-0.05, 0) is 30.9 Å². The van der Waals surface area contributed by atoms with E-state index in [4.69, 9.17) is 16.2 Å². The molecule has 0 radical (unpaired) electrons. The number of benzene rings is 1. The summed E-state index contributed by atoms with van der Waals surface area (Å²) in [6, 6.07) is 6.98. The number of amides is 4. The quantitative estimate of drug-likeness (QED) is 0.0803. The first-order valence-electron chi connectivity index (χ1n) is 15.7. The third-order valence-corrected chi connectivity index (χ3v) is 6.95. The molecule has 10 heteroatoms. The summed E-state index contributed by atoms with van der Waals surface area (Å²) < 4.78 is 5.84. The molecule has 0 heterocycles. The monoisotopic (exact) mass is 589 g/mol. The number of anilines is 1. The van der Waals surface area contributed by atoms with Gasteiger partial charge in [0.25, 0.3) is 5.91 Å². The number of hydrogen-bond acceptors (Lipinski definition) is 6. The van der Waals surface area contributed by atoms with Crippen LogP contribution in [0, 0.1) is 5.92 Å². The highest BCUT2D eigenvalue weighted by molar-refractivity contribution is 5.93. The van der Waals surface area contributed by atoms with Gasteiger partial charge in [-0.3, -0.25) is 19.2 Å². The summed E-state index contributed by atoms with van der Waals surface area (Å²) in [7, 11) is 0. The zero-order valence-corrected chi connectivity index (χ0v) is 26.1. The molecule has 0 spiro atoms. The van der Waals surface area contributed by atoms with Crippen molar-refractivity contribution in [1.29, 1.82) is 0 Å². The Morgan fingerprint density at radius 2 is 1.48 bits per heavy atom. The second-order valence-corrected chi connectivity index (χ2v) is 11.5. The molecule has 4 amide bonds. The number of hydrogen-bond donors (Lipinski definition) is 5. The lowest BCUT2D eigenvalue weighted by molar-refractivity contribution is -0.132. The van der Waals surface area contributed by atoms with E-state index in [1.165, 1.54) is 51.4 Å². The maximum Gasteiger partial charge on any atom is 0.263 e. The molecule has 0 aliphatic carbocycles. The Balaban J connectivity index is 2.45. The topological polar surface area (TPSA) is 166 Å². The van der Waals surface area contributed by atoms with Crippen molar-refractivity contribution in [2.45, 2.75) is 123 Å². The average Bonchev–Trinajstić information content (AvgIpc) is 2.92. The molecule has 1 atom stereocenters. The SMILES string of the molecule is CCCCCCCCCCCCNC(=O)CCCOc1cccc(NC(CC(C)C)(NC(=O)CCC(N)=O)C(N)=O)c1. The molecule has 1 rings (SSSR count). The fourth-order valence-corrected chi connectivity index (χ4v) is 4.77. The summed E-state index contributed by atoms with van der Waals surface area (Å²) in [5, 5.41) is 8.74. The second-order valence-electron chi connectivity index (χ2n) is 11.5. The van der Waals surface area contributed by atoms with Crippen LogP contribution in [0.5, 0.6) is 5.75 Å². The fraction of sp³-hybridized carbons (Fsp3) is 0.688. The molecule has 238 valence electrons. The van der Waals surface area contributed by atoms with E-state index in [1.807, 2.05) is 13.8 Å². The van der Waals surface area contributed by atoms with Crippen molar-refractivity contribution >= 4 is 29.3 Å².